The van der Waals surface area contributed by atoms with Crippen LogP contribution in [0.25, 0.3) is 0 Å². The maximum Gasteiger partial charge on any atom is 0.266 e. The van der Waals surface area contributed by atoms with E-state index in [0.717, 1.165) is 11.1 Å². The van der Waals surface area contributed by atoms with E-state index in [1.807, 2.05) is 52.9 Å². The minimum atomic E-state index is -0.375. The van der Waals surface area contributed by atoms with Crippen molar-refractivity contribution in [2.24, 2.45) is 0 Å². The van der Waals surface area contributed by atoms with Gasteiger partial charge in [-0.3, -0.25) is 19.1 Å². The lowest BCUT2D eigenvalue weighted by molar-refractivity contribution is -0.117. The van der Waals surface area contributed by atoms with Crippen LogP contribution in [0.2, 0.25) is 10.0 Å². The number of amides is 1. The number of benzene rings is 2. The van der Waals surface area contributed by atoms with Crippen LogP contribution >= 0.6 is 45.8 Å². The van der Waals surface area contributed by atoms with Crippen molar-refractivity contribution in [3.8, 4) is 0 Å². The summed E-state index contributed by atoms with van der Waals surface area (Å²) in [4.78, 5) is 27.4. The van der Waals surface area contributed by atoms with Crippen LogP contribution in [-0.4, -0.2) is 10.5 Å². The molecule has 4 rings (SSSR count). The number of halogens is 3. The monoisotopic (exact) mass is 524 g/mol. The minimum absolute atomic E-state index is 0.124. The summed E-state index contributed by atoms with van der Waals surface area (Å²) in [6.45, 7) is 1.51. The van der Waals surface area contributed by atoms with Crippen molar-refractivity contribution in [3.05, 3.63) is 95.8 Å². The Kier molecular flexibility index (Phi) is 5.24. The van der Waals surface area contributed by atoms with Crippen LogP contribution in [-0.2, 0) is 4.79 Å². The number of anilines is 1. The maximum absolute atomic E-state index is 13.1. The molecule has 4 nitrogen and oxygen atoms in total. The zero-order valence-electron chi connectivity index (χ0n) is 14.8. The highest BCUT2D eigenvalue weighted by Crippen LogP contribution is 2.46. The maximum atomic E-state index is 13.1. The quantitative estimate of drug-likeness (QED) is 0.418. The number of pyridine rings is 1. The third kappa shape index (κ3) is 3.25. The molecular formula is C21H15Cl2IN2O2. The first-order valence-corrected chi connectivity index (χ1v) is 10.4. The summed E-state index contributed by atoms with van der Waals surface area (Å²) in [5, 5.41) is 1.23. The number of hydrogen-bond acceptors (Lipinski definition) is 2. The molecule has 28 heavy (non-hydrogen) atoms. The second-order valence-electron chi connectivity index (χ2n) is 6.60. The average molecular weight is 525 g/mol. The zero-order valence-corrected chi connectivity index (χ0v) is 18.4. The van der Waals surface area contributed by atoms with Gasteiger partial charge in [-0.2, -0.15) is 0 Å². The van der Waals surface area contributed by atoms with Crippen LogP contribution in [0.4, 0.5) is 5.82 Å². The Labute approximate surface area is 185 Å². The summed E-state index contributed by atoms with van der Waals surface area (Å²) in [6.07, 6.45) is 0. The van der Waals surface area contributed by atoms with Crippen LogP contribution in [0.5, 0.6) is 0 Å². The molecule has 3 aromatic rings. The summed E-state index contributed by atoms with van der Waals surface area (Å²) in [6, 6.07) is 17.6. The van der Waals surface area contributed by atoms with Crippen molar-refractivity contribution < 1.29 is 4.79 Å². The van der Waals surface area contributed by atoms with Crippen LogP contribution in [0.3, 0.4) is 0 Å². The predicted molar refractivity (Wildman–Crippen MR) is 120 cm³/mol. The third-order valence-corrected chi connectivity index (χ3v) is 6.24. The molecule has 0 spiro atoms. The molecule has 0 saturated carbocycles. The van der Waals surface area contributed by atoms with E-state index in [1.165, 1.54) is 6.92 Å². The number of carbonyl (C=O) groups is 1. The molecule has 0 saturated heterocycles. The van der Waals surface area contributed by atoms with Gasteiger partial charge in [0.25, 0.3) is 5.56 Å². The van der Waals surface area contributed by atoms with E-state index in [0.29, 0.717) is 19.4 Å². The third-order valence-electron chi connectivity index (χ3n) is 4.91. The fraction of sp³-hybridized carbons (Fsp3) is 0.143. The Morgan fingerprint density at radius 2 is 1.36 bits per heavy atom. The molecule has 2 aromatic carbocycles. The number of rotatable bonds is 2. The highest BCUT2D eigenvalue weighted by atomic mass is 127. The van der Waals surface area contributed by atoms with Crippen LogP contribution in [0.1, 0.15) is 30.1 Å². The van der Waals surface area contributed by atoms with Crippen LogP contribution in [0.15, 0.2) is 65.5 Å². The topological polar surface area (TPSA) is 42.3 Å². The Balaban J connectivity index is 2.01. The SMILES string of the molecule is CC(=O)N1c2ccc(I)c(=O)n2[C@H](c2ccc(Cl)cc2)[C@@H]1c1ccc(Cl)cc1. The zero-order chi connectivity index (χ0) is 20.0. The van der Waals surface area contributed by atoms with Gasteiger partial charge in [0.05, 0.1) is 15.7 Å². The van der Waals surface area contributed by atoms with Crippen molar-refractivity contribution >= 4 is 57.5 Å². The molecule has 1 aromatic heterocycles. The van der Waals surface area contributed by atoms with Crippen molar-refractivity contribution in [1.82, 2.24) is 4.57 Å². The summed E-state index contributed by atoms with van der Waals surface area (Å²) < 4.78 is 2.30. The number of carbonyl (C=O) groups excluding carboxylic acids is 1. The summed E-state index contributed by atoms with van der Waals surface area (Å²) in [5.74, 6) is 0.448. The van der Waals surface area contributed by atoms with Crippen molar-refractivity contribution in [1.29, 1.82) is 0 Å². The molecule has 1 amide bonds. The minimum Gasteiger partial charge on any atom is -0.288 e. The lowest BCUT2D eigenvalue weighted by Gasteiger charge is -2.27. The number of aromatic nitrogens is 1. The van der Waals surface area contributed by atoms with E-state index in [4.69, 9.17) is 23.2 Å². The van der Waals surface area contributed by atoms with E-state index in [9.17, 15) is 9.59 Å². The van der Waals surface area contributed by atoms with Gasteiger partial charge in [0.1, 0.15) is 5.82 Å². The molecule has 1 aliphatic heterocycles. The molecule has 2 heterocycles. The molecule has 0 fully saturated rings. The van der Waals surface area contributed by atoms with E-state index in [-0.39, 0.29) is 23.6 Å². The van der Waals surface area contributed by atoms with E-state index in [1.54, 1.807) is 39.8 Å². The molecule has 0 unspecified atom stereocenters. The molecular weight excluding hydrogens is 510 g/mol. The predicted octanol–water partition coefficient (Wildman–Crippen LogP) is 5.46. The molecule has 0 N–H and O–H groups in total. The smallest absolute Gasteiger partial charge is 0.266 e. The number of hydrogen-bond donors (Lipinski definition) is 0. The van der Waals surface area contributed by atoms with Gasteiger partial charge in [-0.25, -0.2) is 0 Å². The van der Waals surface area contributed by atoms with Crippen molar-refractivity contribution in [2.45, 2.75) is 19.0 Å². The van der Waals surface area contributed by atoms with E-state index in [2.05, 4.69) is 0 Å². The summed E-state index contributed by atoms with van der Waals surface area (Å²) in [7, 11) is 0. The molecule has 0 bridgehead atoms. The first-order valence-electron chi connectivity index (χ1n) is 8.60. The van der Waals surface area contributed by atoms with Crippen LogP contribution in [0, 0.1) is 3.57 Å². The Bertz CT molecular complexity index is 1110. The largest absolute Gasteiger partial charge is 0.288 e. The van der Waals surface area contributed by atoms with Gasteiger partial charge in [-0.15, -0.1) is 0 Å². The molecule has 1 aliphatic rings. The second-order valence-corrected chi connectivity index (χ2v) is 8.63. The fourth-order valence-electron chi connectivity index (χ4n) is 3.75. The molecule has 0 radical (unpaired) electrons. The van der Waals surface area contributed by atoms with Gasteiger partial charge in [0.15, 0.2) is 0 Å². The Morgan fingerprint density at radius 1 is 0.857 bits per heavy atom. The van der Waals surface area contributed by atoms with Gasteiger partial charge >= 0.3 is 0 Å². The Morgan fingerprint density at radius 3 is 1.86 bits per heavy atom. The summed E-state index contributed by atoms with van der Waals surface area (Å²) in [5.41, 5.74) is 1.68. The average Bonchev–Trinajstić information content (AvgIpc) is 3.02. The van der Waals surface area contributed by atoms with Gasteiger partial charge in [-0.1, -0.05) is 47.5 Å². The number of fused-ring (bicyclic) bond motifs is 1. The van der Waals surface area contributed by atoms with Crippen LogP contribution < -0.4 is 10.5 Å². The van der Waals surface area contributed by atoms with E-state index >= 15 is 0 Å². The number of nitrogens with zero attached hydrogens (tertiary/aromatic N) is 2. The molecule has 0 aliphatic carbocycles. The lowest BCUT2D eigenvalue weighted by Crippen LogP contribution is -2.31. The van der Waals surface area contributed by atoms with Gasteiger partial charge in [0.2, 0.25) is 5.91 Å². The van der Waals surface area contributed by atoms with Gasteiger partial charge in [-0.05, 0) is 70.1 Å². The van der Waals surface area contributed by atoms with Gasteiger partial charge < -0.3 is 0 Å². The van der Waals surface area contributed by atoms with Crippen molar-refractivity contribution in [3.63, 3.8) is 0 Å². The molecule has 2 atom stereocenters. The lowest BCUT2D eigenvalue weighted by atomic mass is 9.93. The van der Waals surface area contributed by atoms with Crippen molar-refractivity contribution in [2.75, 3.05) is 4.90 Å². The van der Waals surface area contributed by atoms with Gasteiger partial charge in [0, 0.05) is 17.0 Å². The van der Waals surface area contributed by atoms with E-state index < -0.39 is 0 Å². The molecule has 142 valence electrons. The highest BCUT2D eigenvalue weighted by Gasteiger charge is 2.43. The highest BCUT2D eigenvalue weighted by molar-refractivity contribution is 14.1. The fourth-order valence-corrected chi connectivity index (χ4v) is 4.44. The summed E-state index contributed by atoms with van der Waals surface area (Å²) >= 11 is 14.2. The normalized spacial score (nSPS) is 18.2. The Hall–Kier alpha value is -1.83. The standard InChI is InChI=1S/C21H15Cl2IN2O2/c1-12(27)25-18-11-10-17(24)21(28)26(18)20(14-4-8-16(23)9-5-14)19(25)13-2-6-15(22)7-3-13/h2-11,19-20H,1H3/t19-,20+/m0/s1. The second kappa shape index (κ2) is 7.54. The first-order chi connectivity index (χ1) is 13.4. The first kappa shape index (κ1) is 19.5. The molecule has 7 heteroatoms.